The third kappa shape index (κ3) is 3.77. The molecule has 0 aliphatic carbocycles. The molecule has 0 aliphatic heterocycles. The van der Waals surface area contributed by atoms with Gasteiger partial charge >= 0.3 is 5.97 Å². The van der Waals surface area contributed by atoms with E-state index in [1.807, 2.05) is 36.4 Å². The number of ether oxygens (including phenoxy) is 1. The molecule has 122 valence electrons. The number of fused-ring (bicyclic) bond motifs is 1. The van der Waals surface area contributed by atoms with Crippen LogP contribution in [0.25, 0.3) is 28.0 Å². The second kappa shape index (κ2) is 7.04. The maximum atomic E-state index is 11.6. The molecule has 0 unspecified atom stereocenters. The van der Waals surface area contributed by atoms with Gasteiger partial charge in [0.15, 0.2) is 0 Å². The van der Waals surface area contributed by atoms with Crippen LogP contribution in [0.15, 0.2) is 85.1 Å². The first-order chi connectivity index (χ1) is 12.1. The lowest BCUT2D eigenvalue weighted by Crippen LogP contribution is -2.07. The Bertz CT molecular complexity index is 1000. The average molecular weight is 326 g/mol. The predicted octanol–water partition coefficient (Wildman–Crippen LogP) is 5.79. The standard InChI is InChI=1S/C23H18O2/c1-4-5-17-6-8-18(9-7-17)19-10-11-21-15-22(13-12-20(21)14-19)25-23(24)16(2)3/h5-15H,1-2H2,3H3. The van der Waals surface area contributed by atoms with Crippen molar-refractivity contribution in [2.75, 3.05) is 0 Å². The molecule has 0 aliphatic rings. The van der Waals surface area contributed by atoms with E-state index in [9.17, 15) is 4.79 Å². The summed E-state index contributed by atoms with van der Waals surface area (Å²) in [6.07, 6.45) is 1.85. The van der Waals surface area contributed by atoms with Crippen LogP contribution in [0.3, 0.4) is 0 Å². The molecular formula is C23H18O2. The summed E-state index contributed by atoms with van der Waals surface area (Å²) in [6, 6.07) is 20.1. The van der Waals surface area contributed by atoms with Gasteiger partial charge in [0, 0.05) is 5.57 Å². The van der Waals surface area contributed by atoms with Crippen molar-refractivity contribution < 1.29 is 9.53 Å². The first-order valence-electron chi connectivity index (χ1n) is 7.94. The van der Waals surface area contributed by atoms with E-state index in [0.29, 0.717) is 11.3 Å². The molecule has 0 fully saturated rings. The van der Waals surface area contributed by atoms with Crippen LogP contribution in [-0.2, 0) is 4.79 Å². The number of hydrogen-bond donors (Lipinski definition) is 0. The van der Waals surface area contributed by atoms with Gasteiger partial charge in [-0.1, -0.05) is 55.6 Å². The van der Waals surface area contributed by atoms with E-state index in [4.69, 9.17) is 4.74 Å². The van der Waals surface area contributed by atoms with Gasteiger partial charge in [0.2, 0.25) is 0 Å². The largest absolute Gasteiger partial charge is 0.423 e. The zero-order valence-corrected chi connectivity index (χ0v) is 14.1. The highest BCUT2D eigenvalue weighted by Gasteiger charge is 2.06. The molecule has 0 aromatic heterocycles. The summed E-state index contributed by atoms with van der Waals surface area (Å²) >= 11 is 0. The van der Waals surface area contributed by atoms with Gasteiger partial charge in [-0.25, -0.2) is 4.79 Å². The van der Waals surface area contributed by atoms with Crippen molar-refractivity contribution in [1.29, 1.82) is 0 Å². The van der Waals surface area contributed by atoms with Gasteiger partial charge in [0.1, 0.15) is 5.75 Å². The van der Waals surface area contributed by atoms with Gasteiger partial charge in [-0.15, -0.1) is 5.73 Å². The lowest BCUT2D eigenvalue weighted by Gasteiger charge is -2.07. The number of carbonyl (C=O) groups excluding carboxylic acids is 1. The lowest BCUT2D eigenvalue weighted by molar-refractivity contribution is -0.130. The van der Waals surface area contributed by atoms with E-state index in [1.165, 1.54) is 0 Å². The number of carbonyl (C=O) groups is 1. The molecule has 0 saturated carbocycles. The molecule has 0 heterocycles. The summed E-state index contributed by atoms with van der Waals surface area (Å²) in [4.78, 5) is 11.6. The van der Waals surface area contributed by atoms with Crippen molar-refractivity contribution in [3.05, 3.63) is 90.7 Å². The van der Waals surface area contributed by atoms with Gasteiger partial charge in [-0.2, -0.15) is 0 Å². The molecule has 0 spiro atoms. The van der Waals surface area contributed by atoms with E-state index in [0.717, 1.165) is 27.5 Å². The summed E-state index contributed by atoms with van der Waals surface area (Å²) < 4.78 is 5.28. The van der Waals surface area contributed by atoms with E-state index in [2.05, 4.69) is 43.2 Å². The molecule has 0 saturated heterocycles. The topological polar surface area (TPSA) is 26.3 Å². The fourth-order valence-electron chi connectivity index (χ4n) is 2.55. The van der Waals surface area contributed by atoms with Crippen molar-refractivity contribution in [2.24, 2.45) is 0 Å². The molecular weight excluding hydrogens is 308 g/mol. The van der Waals surface area contributed by atoms with Gasteiger partial charge in [-0.3, -0.25) is 0 Å². The zero-order chi connectivity index (χ0) is 17.8. The second-order valence-corrected chi connectivity index (χ2v) is 5.86. The minimum absolute atomic E-state index is 0.380. The van der Waals surface area contributed by atoms with Crippen LogP contribution >= 0.6 is 0 Å². The molecule has 0 amide bonds. The van der Waals surface area contributed by atoms with Gasteiger partial charge in [0.25, 0.3) is 0 Å². The Hall–Kier alpha value is -3.35. The van der Waals surface area contributed by atoms with Gasteiger partial charge < -0.3 is 4.74 Å². The zero-order valence-electron chi connectivity index (χ0n) is 14.1. The van der Waals surface area contributed by atoms with Crippen molar-refractivity contribution in [3.63, 3.8) is 0 Å². The second-order valence-electron chi connectivity index (χ2n) is 5.86. The Morgan fingerprint density at radius 2 is 1.60 bits per heavy atom. The lowest BCUT2D eigenvalue weighted by atomic mass is 10.00. The van der Waals surface area contributed by atoms with E-state index >= 15 is 0 Å². The number of rotatable bonds is 4. The van der Waals surface area contributed by atoms with Crippen LogP contribution in [0.1, 0.15) is 12.5 Å². The van der Waals surface area contributed by atoms with Gasteiger partial charge in [-0.05, 0) is 58.7 Å². The van der Waals surface area contributed by atoms with Crippen LogP contribution in [-0.4, -0.2) is 5.97 Å². The maximum absolute atomic E-state index is 11.6. The fraction of sp³-hybridized carbons (Fsp3) is 0.0435. The summed E-state index contributed by atoms with van der Waals surface area (Å²) in [6.45, 7) is 8.81. The Labute approximate surface area is 147 Å². The molecule has 0 atom stereocenters. The number of hydrogen-bond acceptors (Lipinski definition) is 2. The molecule has 3 aromatic rings. The predicted molar refractivity (Wildman–Crippen MR) is 103 cm³/mol. The van der Waals surface area contributed by atoms with E-state index in [1.54, 1.807) is 13.0 Å². The quantitative estimate of drug-likeness (QED) is 0.263. The van der Waals surface area contributed by atoms with E-state index < -0.39 is 5.97 Å². The smallest absolute Gasteiger partial charge is 0.338 e. The minimum atomic E-state index is -0.412. The Morgan fingerprint density at radius 3 is 2.28 bits per heavy atom. The summed E-state index contributed by atoms with van der Waals surface area (Å²) in [5, 5.41) is 2.10. The Morgan fingerprint density at radius 1 is 0.960 bits per heavy atom. The number of esters is 1. The molecule has 2 heteroatoms. The molecule has 0 radical (unpaired) electrons. The third-order valence-corrected chi connectivity index (χ3v) is 3.88. The molecule has 0 bridgehead atoms. The van der Waals surface area contributed by atoms with Crippen LogP contribution in [0.2, 0.25) is 0 Å². The summed E-state index contributed by atoms with van der Waals surface area (Å²) in [5.41, 5.74) is 6.50. The van der Waals surface area contributed by atoms with Crippen LogP contribution in [0.5, 0.6) is 5.75 Å². The molecule has 3 aromatic carbocycles. The minimum Gasteiger partial charge on any atom is -0.423 e. The maximum Gasteiger partial charge on any atom is 0.338 e. The highest BCUT2D eigenvalue weighted by atomic mass is 16.5. The molecule has 0 N–H and O–H groups in total. The normalized spacial score (nSPS) is 10.1. The van der Waals surface area contributed by atoms with Crippen molar-refractivity contribution in [3.8, 4) is 16.9 Å². The average Bonchev–Trinajstić information content (AvgIpc) is 2.62. The van der Waals surface area contributed by atoms with Crippen molar-refractivity contribution in [2.45, 2.75) is 6.92 Å². The molecule has 2 nitrogen and oxygen atoms in total. The highest BCUT2D eigenvalue weighted by molar-refractivity contribution is 5.91. The molecule has 25 heavy (non-hydrogen) atoms. The van der Waals surface area contributed by atoms with Crippen LogP contribution in [0, 0.1) is 0 Å². The summed E-state index contributed by atoms with van der Waals surface area (Å²) in [7, 11) is 0. The van der Waals surface area contributed by atoms with Crippen LogP contribution in [0.4, 0.5) is 0 Å². The summed E-state index contributed by atoms with van der Waals surface area (Å²) in [5.74, 6) is 0.110. The monoisotopic (exact) mass is 326 g/mol. The number of benzene rings is 3. The molecule has 3 rings (SSSR count). The van der Waals surface area contributed by atoms with Crippen LogP contribution < -0.4 is 4.74 Å². The first-order valence-corrected chi connectivity index (χ1v) is 7.94. The van der Waals surface area contributed by atoms with Crippen molar-refractivity contribution in [1.82, 2.24) is 0 Å². The Kier molecular flexibility index (Phi) is 4.65. The first kappa shape index (κ1) is 16.5. The van der Waals surface area contributed by atoms with Gasteiger partial charge in [0.05, 0.1) is 0 Å². The third-order valence-electron chi connectivity index (χ3n) is 3.88. The Balaban J connectivity index is 1.91. The van der Waals surface area contributed by atoms with E-state index in [-0.39, 0.29) is 0 Å². The fourth-order valence-corrected chi connectivity index (χ4v) is 2.55. The van der Waals surface area contributed by atoms with Crippen molar-refractivity contribution >= 4 is 22.8 Å². The SMILES string of the molecule is C=C=Cc1ccc(-c2ccc3cc(OC(=O)C(=C)C)ccc3c2)cc1. The highest BCUT2D eigenvalue weighted by Crippen LogP contribution is 2.27.